The zero-order valence-corrected chi connectivity index (χ0v) is 18.3. The number of aromatic nitrogens is 5. The third-order valence-electron chi connectivity index (χ3n) is 4.54. The van der Waals surface area contributed by atoms with E-state index in [1.807, 2.05) is 38.1 Å². The van der Waals surface area contributed by atoms with Crippen molar-refractivity contribution in [1.29, 1.82) is 5.26 Å². The number of fused-ring (bicyclic) bond motifs is 1. The number of nitrogens with one attached hydrogen (secondary N) is 2. The summed E-state index contributed by atoms with van der Waals surface area (Å²) in [5, 5.41) is 20.7. The van der Waals surface area contributed by atoms with Gasteiger partial charge in [-0.25, -0.2) is 14.8 Å². The number of carbonyl (C=O) groups is 1. The normalized spacial score (nSPS) is 10.9. The molecule has 0 aliphatic rings. The summed E-state index contributed by atoms with van der Waals surface area (Å²) in [6, 6.07) is 10.5. The Kier molecular flexibility index (Phi) is 5.71. The molecule has 0 saturated heterocycles. The van der Waals surface area contributed by atoms with Crippen LogP contribution in [0.2, 0.25) is 5.02 Å². The van der Waals surface area contributed by atoms with E-state index < -0.39 is 6.03 Å². The van der Waals surface area contributed by atoms with Crippen LogP contribution in [-0.2, 0) is 7.05 Å². The van der Waals surface area contributed by atoms with Gasteiger partial charge >= 0.3 is 6.03 Å². The summed E-state index contributed by atoms with van der Waals surface area (Å²) >= 11 is 6.48. The Morgan fingerprint density at radius 2 is 2.03 bits per heavy atom. The molecule has 0 aliphatic heterocycles. The van der Waals surface area contributed by atoms with Crippen molar-refractivity contribution in [3.8, 4) is 28.7 Å². The van der Waals surface area contributed by atoms with Crippen molar-refractivity contribution in [1.82, 2.24) is 30.0 Å². The Balaban J connectivity index is 1.92. The number of hydrogen-bond donors (Lipinski definition) is 2. The first-order valence-corrected chi connectivity index (χ1v) is 10.2. The maximum Gasteiger partial charge on any atom is 0.320 e. The molecule has 0 bridgehead atoms. The number of pyridine rings is 1. The molecule has 0 fully saturated rings. The lowest BCUT2D eigenvalue weighted by Gasteiger charge is -2.14. The van der Waals surface area contributed by atoms with Gasteiger partial charge in [0.1, 0.15) is 23.2 Å². The number of amides is 2. The molecule has 0 saturated carbocycles. The minimum Gasteiger partial charge on any atom is -0.336 e. The zero-order valence-electron chi connectivity index (χ0n) is 17.6. The number of rotatable bonds is 4. The summed E-state index contributed by atoms with van der Waals surface area (Å²) < 4.78 is 1.63. The van der Waals surface area contributed by atoms with Gasteiger partial charge in [0.25, 0.3) is 0 Å². The molecule has 9 nitrogen and oxygen atoms in total. The van der Waals surface area contributed by atoms with Crippen LogP contribution in [0.4, 0.5) is 10.6 Å². The molecule has 10 heteroatoms. The standard InChI is InChI=1S/C22H19ClN8O/c1-12(2)26-22(32)29-21-17(11-24)27-19(20(28-21)16-6-8-31(3)30-16)14-9-13-5-4-7-25-18(13)15(23)10-14/h4-10,12H,1-3H3,(H2,26,28,29,32). The van der Waals surface area contributed by atoms with E-state index in [4.69, 9.17) is 11.6 Å². The summed E-state index contributed by atoms with van der Waals surface area (Å²) in [5.41, 5.74) is 2.65. The van der Waals surface area contributed by atoms with Crippen LogP contribution in [-0.4, -0.2) is 36.8 Å². The number of anilines is 1. The van der Waals surface area contributed by atoms with Crippen LogP contribution in [0.1, 0.15) is 19.5 Å². The van der Waals surface area contributed by atoms with E-state index >= 15 is 0 Å². The molecule has 0 radical (unpaired) electrons. The molecule has 1 aromatic carbocycles. The fraction of sp³-hybridized carbons (Fsp3) is 0.182. The number of aryl methyl sites for hydroxylation is 1. The van der Waals surface area contributed by atoms with E-state index in [0.29, 0.717) is 33.2 Å². The van der Waals surface area contributed by atoms with Crippen LogP contribution in [0, 0.1) is 11.3 Å². The van der Waals surface area contributed by atoms with Gasteiger partial charge in [0.15, 0.2) is 11.5 Å². The summed E-state index contributed by atoms with van der Waals surface area (Å²) in [6.45, 7) is 3.66. The number of halogens is 1. The monoisotopic (exact) mass is 446 g/mol. The lowest BCUT2D eigenvalue weighted by Crippen LogP contribution is -2.34. The molecule has 160 valence electrons. The molecular weight excluding hydrogens is 428 g/mol. The van der Waals surface area contributed by atoms with E-state index in [-0.39, 0.29) is 17.6 Å². The third-order valence-corrected chi connectivity index (χ3v) is 4.83. The fourth-order valence-electron chi connectivity index (χ4n) is 3.21. The average molecular weight is 447 g/mol. The highest BCUT2D eigenvalue weighted by Crippen LogP contribution is 2.34. The summed E-state index contributed by atoms with van der Waals surface area (Å²) in [5.74, 6) is 0.0450. The van der Waals surface area contributed by atoms with Crippen molar-refractivity contribution in [2.45, 2.75) is 19.9 Å². The van der Waals surface area contributed by atoms with Crippen LogP contribution in [0.5, 0.6) is 0 Å². The maximum atomic E-state index is 12.2. The molecule has 4 rings (SSSR count). The van der Waals surface area contributed by atoms with Gasteiger partial charge in [0.05, 0.1) is 10.5 Å². The fourth-order valence-corrected chi connectivity index (χ4v) is 3.49. The maximum absolute atomic E-state index is 12.2. The van der Waals surface area contributed by atoms with Crippen molar-refractivity contribution in [2.75, 3.05) is 5.32 Å². The SMILES string of the molecule is CC(C)NC(=O)Nc1nc(-c2ccn(C)n2)c(-c2cc(Cl)c3ncccc3c2)nc1C#N. The number of carbonyl (C=O) groups excluding carboxylic acids is 1. The Hall–Kier alpha value is -4.03. The molecule has 32 heavy (non-hydrogen) atoms. The first-order chi connectivity index (χ1) is 15.4. The lowest BCUT2D eigenvalue weighted by molar-refractivity contribution is 0.250. The Morgan fingerprint density at radius 3 is 2.72 bits per heavy atom. The molecular formula is C22H19ClN8O. The van der Waals surface area contributed by atoms with Crippen LogP contribution < -0.4 is 10.6 Å². The number of nitrogens with zero attached hydrogens (tertiary/aromatic N) is 6. The van der Waals surface area contributed by atoms with Gasteiger partial charge in [-0.1, -0.05) is 17.7 Å². The highest BCUT2D eigenvalue weighted by atomic mass is 35.5. The van der Waals surface area contributed by atoms with Crippen molar-refractivity contribution in [3.63, 3.8) is 0 Å². The topological polar surface area (TPSA) is 121 Å². The van der Waals surface area contributed by atoms with Crippen molar-refractivity contribution < 1.29 is 4.79 Å². The molecule has 2 N–H and O–H groups in total. The van der Waals surface area contributed by atoms with Crippen LogP contribution in [0.15, 0.2) is 42.7 Å². The minimum atomic E-state index is -0.481. The largest absolute Gasteiger partial charge is 0.336 e. The van der Waals surface area contributed by atoms with E-state index in [1.54, 1.807) is 36.3 Å². The summed E-state index contributed by atoms with van der Waals surface area (Å²) in [6.07, 6.45) is 3.44. The van der Waals surface area contributed by atoms with E-state index in [0.717, 1.165) is 5.39 Å². The summed E-state index contributed by atoms with van der Waals surface area (Å²) in [7, 11) is 1.79. The number of benzene rings is 1. The Labute approximate surface area is 189 Å². The Bertz CT molecular complexity index is 1370. The van der Waals surface area contributed by atoms with Gasteiger partial charge < -0.3 is 5.32 Å². The summed E-state index contributed by atoms with van der Waals surface area (Å²) in [4.78, 5) is 25.7. The minimum absolute atomic E-state index is 0.0269. The highest BCUT2D eigenvalue weighted by Gasteiger charge is 2.21. The lowest BCUT2D eigenvalue weighted by atomic mass is 10.0. The number of hydrogen-bond acceptors (Lipinski definition) is 6. The average Bonchev–Trinajstić information content (AvgIpc) is 3.19. The third kappa shape index (κ3) is 4.22. The van der Waals surface area contributed by atoms with Gasteiger partial charge in [-0.15, -0.1) is 0 Å². The van der Waals surface area contributed by atoms with Crippen molar-refractivity contribution in [3.05, 3.63) is 53.4 Å². The van der Waals surface area contributed by atoms with Crippen molar-refractivity contribution >= 4 is 34.4 Å². The Morgan fingerprint density at radius 1 is 1.22 bits per heavy atom. The zero-order chi connectivity index (χ0) is 22.8. The van der Waals surface area contributed by atoms with Crippen molar-refractivity contribution in [2.24, 2.45) is 7.05 Å². The smallest absolute Gasteiger partial charge is 0.320 e. The highest BCUT2D eigenvalue weighted by molar-refractivity contribution is 6.35. The second-order valence-electron chi connectivity index (χ2n) is 7.39. The first kappa shape index (κ1) is 21.2. The van der Waals surface area contributed by atoms with Gasteiger partial charge in [-0.2, -0.15) is 10.4 Å². The van der Waals surface area contributed by atoms with E-state index in [1.165, 1.54) is 0 Å². The molecule has 3 heterocycles. The molecule has 0 aliphatic carbocycles. The van der Waals surface area contributed by atoms with Gasteiger partial charge in [0, 0.05) is 36.4 Å². The molecule has 2 amide bonds. The molecule has 4 aromatic rings. The second kappa shape index (κ2) is 8.61. The molecule has 0 atom stereocenters. The van der Waals surface area contributed by atoms with E-state index in [2.05, 4.69) is 30.7 Å². The molecule has 0 spiro atoms. The van der Waals surface area contributed by atoms with E-state index in [9.17, 15) is 10.1 Å². The van der Waals surface area contributed by atoms with Crippen LogP contribution in [0.3, 0.4) is 0 Å². The number of nitriles is 1. The number of urea groups is 1. The first-order valence-electron chi connectivity index (χ1n) is 9.80. The van der Waals surface area contributed by atoms with Gasteiger partial charge in [-0.3, -0.25) is 15.0 Å². The predicted molar refractivity (Wildman–Crippen MR) is 122 cm³/mol. The molecule has 0 unspecified atom stereocenters. The van der Waals surface area contributed by atoms with Gasteiger partial charge in [0.2, 0.25) is 0 Å². The van der Waals surface area contributed by atoms with Crippen LogP contribution >= 0.6 is 11.6 Å². The van der Waals surface area contributed by atoms with Crippen LogP contribution in [0.25, 0.3) is 33.5 Å². The predicted octanol–water partition coefficient (Wildman–Crippen LogP) is 4.15. The second-order valence-corrected chi connectivity index (χ2v) is 7.80. The van der Waals surface area contributed by atoms with Gasteiger partial charge in [-0.05, 0) is 38.1 Å². The quantitative estimate of drug-likeness (QED) is 0.485. The molecule has 3 aromatic heterocycles.